The van der Waals surface area contributed by atoms with Crippen LogP contribution >= 0.6 is 0 Å². The van der Waals surface area contributed by atoms with Crippen molar-refractivity contribution in [1.29, 1.82) is 0 Å². The van der Waals surface area contributed by atoms with E-state index >= 15 is 0 Å². The van der Waals surface area contributed by atoms with Gasteiger partial charge in [0.05, 0.1) is 12.2 Å². The van der Waals surface area contributed by atoms with Crippen LogP contribution in [-0.4, -0.2) is 37.1 Å². The molecule has 27 heavy (non-hydrogen) atoms. The van der Waals surface area contributed by atoms with Gasteiger partial charge in [0.15, 0.2) is 0 Å². The second kappa shape index (κ2) is 7.66. The summed E-state index contributed by atoms with van der Waals surface area (Å²) in [5, 5.41) is 3.95. The zero-order chi connectivity index (χ0) is 19.6. The largest absolute Gasteiger partial charge is 0.378 e. The van der Waals surface area contributed by atoms with E-state index in [1.54, 1.807) is 11.9 Å². The van der Waals surface area contributed by atoms with E-state index in [-0.39, 0.29) is 5.91 Å². The first-order chi connectivity index (χ1) is 12.9. The molecule has 0 bridgehead atoms. The summed E-state index contributed by atoms with van der Waals surface area (Å²) >= 11 is 0. The fourth-order valence-electron chi connectivity index (χ4n) is 3.03. The van der Waals surface area contributed by atoms with Gasteiger partial charge in [0, 0.05) is 38.0 Å². The zero-order valence-electron chi connectivity index (χ0n) is 16.5. The van der Waals surface area contributed by atoms with Crippen molar-refractivity contribution in [2.75, 3.05) is 26.0 Å². The highest BCUT2D eigenvalue weighted by atomic mass is 16.5. The smallest absolute Gasteiger partial charge is 0.253 e. The van der Waals surface area contributed by atoms with Crippen molar-refractivity contribution in [2.24, 2.45) is 0 Å². The third kappa shape index (κ3) is 4.03. The molecule has 1 amide bonds. The maximum absolute atomic E-state index is 12.8. The number of aryl methyl sites for hydroxylation is 2. The average Bonchev–Trinajstić information content (AvgIpc) is 2.99. The molecule has 0 saturated heterocycles. The molecule has 0 unspecified atom stereocenters. The average molecular weight is 363 g/mol. The Balaban J connectivity index is 1.76. The molecular weight excluding hydrogens is 338 g/mol. The van der Waals surface area contributed by atoms with Crippen molar-refractivity contribution in [1.82, 2.24) is 10.1 Å². The molecule has 5 nitrogen and oxygen atoms in total. The first-order valence-electron chi connectivity index (χ1n) is 8.92. The van der Waals surface area contributed by atoms with Crippen molar-refractivity contribution < 1.29 is 9.32 Å². The SMILES string of the molecule is Cc1noc(C)c1CN(C)C(=O)c1ccc(-c2cccc(N(C)C)c2)cc1. The highest BCUT2D eigenvalue weighted by Gasteiger charge is 2.17. The predicted octanol–water partition coefficient (Wildman–Crippen LogP) is 4.30. The summed E-state index contributed by atoms with van der Waals surface area (Å²) < 4.78 is 5.18. The number of anilines is 1. The number of hydrogen-bond acceptors (Lipinski definition) is 4. The molecule has 1 heterocycles. The highest BCUT2D eigenvalue weighted by Crippen LogP contribution is 2.24. The van der Waals surface area contributed by atoms with E-state index in [0.717, 1.165) is 33.8 Å². The number of rotatable bonds is 5. The first-order valence-corrected chi connectivity index (χ1v) is 8.92. The molecule has 0 atom stereocenters. The fourth-order valence-corrected chi connectivity index (χ4v) is 3.03. The molecule has 5 heteroatoms. The Bertz CT molecular complexity index is 923. The minimum absolute atomic E-state index is 0.0245. The van der Waals surface area contributed by atoms with Crippen LogP contribution in [0, 0.1) is 13.8 Å². The molecule has 0 radical (unpaired) electrons. The van der Waals surface area contributed by atoms with E-state index in [9.17, 15) is 4.79 Å². The summed E-state index contributed by atoms with van der Waals surface area (Å²) in [7, 11) is 5.84. The zero-order valence-corrected chi connectivity index (χ0v) is 16.5. The Morgan fingerprint density at radius 1 is 1.00 bits per heavy atom. The molecule has 3 rings (SSSR count). The molecule has 0 aliphatic carbocycles. The predicted molar refractivity (Wildman–Crippen MR) is 108 cm³/mol. The van der Waals surface area contributed by atoms with E-state index in [1.807, 2.05) is 58.3 Å². The van der Waals surface area contributed by atoms with Gasteiger partial charge in [-0.1, -0.05) is 29.4 Å². The van der Waals surface area contributed by atoms with Gasteiger partial charge in [0.1, 0.15) is 5.76 Å². The lowest BCUT2D eigenvalue weighted by atomic mass is 10.0. The van der Waals surface area contributed by atoms with Crippen LogP contribution in [0.2, 0.25) is 0 Å². The number of benzene rings is 2. The number of nitrogens with zero attached hydrogens (tertiary/aromatic N) is 3. The van der Waals surface area contributed by atoms with Crippen LogP contribution in [0.5, 0.6) is 0 Å². The van der Waals surface area contributed by atoms with Crippen LogP contribution in [0.25, 0.3) is 11.1 Å². The summed E-state index contributed by atoms with van der Waals surface area (Å²) in [6, 6.07) is 16.1. The number of aromatic nitrogens is 1. The molecule has 0 N–H and O–H groups in total. The Hall–Kier alpha value is -3.08. The normalized spacial score (nSPS) is 10.7. The van der Waals surface area contributed by atoms with Gasteiger partial charge in [0.25, 0.3) is 5.91 Å². The number of carbonyl (C=O) groups excluding carboxylic acids is 1. The van der Waals surface area contributed by atoms with E-state index in [0.29, 0.717) is 12.1 Å². The summed E-state index contributed by atoms with van der Waals surface area (Å²) in [5.74, 6) is 0.729. The van der Waals surface area contributed by atoms with Crippen LogP contribution in [0.3, 0.4) is 0 Å². The lowest BCUT2D eigenvalue weighted by molar-refractivity contribution is 0.0784. The van der Waals surface area contributed by atoms with Crippen LogP contribution < -0.4 is 4.90 Å². The fraction of sp³-hybridized carbons (Fsp3) is 0.273. The van der Waals surface area contributed by atoms with Gasteiger partial charge in [-0.2, -0.15) is 0 Å². The standard InChI is InChI=1S/C22H25N3O2/c1-15-21(16(2)27-23-15)14-25(5)22(26)18-11-9-17(10-12-18)19-7-6-8-20(13-19)24(3)4/h6-13H,14H2,1-5H3. The van der Waals surface area contributed by atoms with E-state index in [1.165, 1.54) is 0 Å². The van der Waals surface area contributed by atoms with Gasteiger partial charge < -0.3 is 14.3 Å². The summed E-state index contributed by atoms with van der Waals surface area (Å²) in [5.41, 5.74) is 5.81. The Morgan fingerprint density at radius 3 is 2.30 bits per heavy atom. The number of amides is 1. The van der Waals surface area contributed by atoms with Crippen LogP contribution in [0.15, 0.2) is 53.1 Å². The molecule has 0 aliphatic heterocycles. The number of hydrogen-bond donors (Lipinski definition) is 0. The molecule has 0 saturated carbocycles. The van der Waals surface area contributed by atoms with Gasteiger partial charge in [0.2, 0.25) is 0 Å². The molecule has 140 valence electrons. The molecule has 0 spiro atoms. The Labute approximate surface area is 160 Å². The van der Waals surface area contributed by atoms with Gasteiger partial charge in [-0.25, -0.2) is 0 Å². The van der Waals surface area contributed by atoms with Crippen LogP contribution in [-0.2, 0) is 6.54 Å². The van der Waals surface area contributed by atoms with Crippen LogP contribution in [0.1, 0.15) is 27.4 Å². The molecular formula is C22H25N3O2. The maximum atomic E-state index is 12.8. The lowest BCUT2D eigenvalue weighted by Gasteiger charge is -2.17. The minimum Gasteiger partial charge on any atom is -0.378 e. The van der Waals surface area contributed by atoms with Crippen molar-refractivity contribution in [3.8, 4) is 11.1 Å². The van der Waals surface area contributed by atoms with Crippen molar-refractivity contribution in [3.05, 3.63) is 71.1 Å². The van der Waals surface area contributed by atoms with Crippen molar-refractivity contribution in [3.63, 3.8) is 0 Å². The topological polar surface area (TPSA) is 49.6 Å². The second-order valence-electron chi connectivity index (χ2n) is 6.99. The molecule has 3 aromatic rings. The molecule has 2 aromatic carbocycles. The van der Waals surface area contributed by atoms with E-state index in [4.69, 9.17) is 4.52 Å². The van der Waals surface area contributed by atoms with Gasteiger partial charge in [-0.05, 0) is 49.2 Å². The molecule has 0 fully saturated rings. The quantitative estimate of drug-likeness (QED) is 0.678. The Morgan fingerprint density at radius 2 is 1.70 bits per heavy atom. The van der Waals surface area contributed by atoms with E-state index < -0.39 is 0 Å². The van der Waals surface area contributed by atoms with Crippen molar-refractivity contribution in [2.45, 2.75) is 20.4 Å². The molecule has 0 aliphatic rings. The summed E-state index contributed by atoms with van der Waals surface area (Å²) in [4.78, 5) is 16.5. The summed E-state index contributed by atoms with van der Waals surface area (Å²) in [6.07, 6.45) is 0. The number of carbonyl (C=O) groups is 1. The Kier molecular flexibility index (Phi) is 5.31. The third-order valence-electron chi connectivity index (χ3n) is 4.75. The first kappa shape index (κ1) is 18.7. The van der Waals surface area contributed by atoms with Gasteiger partial charge in [-0.3, -0.25) is 4.79 Å². The van der Waals surface area contributed by atoms with Crippen molar-refractivity contribution >= 4 is 11.6 Å². The van der Waals surface area contributed by atoms with E-state index in [2.05, 4.69) is 28.3 Å². The lowest BCUT2D eigenvalue weighted by Crippen LogP contribution is -2.26. The summed E-state index contributed by atoms with van der Waals surface area (Å²) in [6.45, 7) is 4.23. The maximum Gasteiger partial charge on any atom is 0.253 e. The second-order valence-corrected chi connectivity index (χ2v) is 6.99. The van der Waals surface area contributed by atoms with Gasteiger partial charge in [-0.15, -0.1) is 0 Å². The third-order valence-corrected chi connectivity index (χ3v) is 4.75. The monoisotopic (exact) mass is 363 g/mol. The van der Waals surface area contributed by atoms with Crippen LogP contribution in [0.4, 0.5) is 5.69 Å². The highest BCUT2D eigenvalue weighted by molar-refractivity contribution is 5.94. The minimum atomic E-state index is -0.0245. The molecule has 1 aromatic heterocycles. The van der Waals surface area contributed by atoms with Gasteiger partial charge >= 0.3 is 0 Å².